The fourth-order valence-corrected chi connectivity index (χ4v) is 3.63. The predicted octanol–water partition coefficient (Wildman–Crippen LogP) is 4.50. The van der Waals surface area contributed by atoms with Gasteiger partial charge in [0.1, 0.15) is 11.2 Å². The topological polar surface area (TPSA) is 15.3 Å². The number of benzene rings is 2. The molecule has 3 rings (SSSR count). The number of halogens is 1. The first-order valence-electron chi connectivity index (χ1n) is 7.86. The van der Waals surface area contributed by atoms with E-state index in [0.717, 1.165) is 29.8 Å². The average Bonchev–Trinajstić information content (AvgIpc) is 3.12. The third-order valence-corrected chi connectivity index (χ3v) is 5.03. The second-order valence-corrected chi connectivity index (χ2v) is 6.63. The molecule has 0 aromatic heterocycles. The van der Waals surface area contributed by atoms with Gasteiger partial charge in [0, 0.05) is 18.7 Å². The summed E-state index contributed by atoms with van der Waals surface area (Å²) in [7, 11) is 0. The highest BCUT2D eigenvalue weighted by atomic mass is 35.5. The number of hydrogen-bond donors (Lipinski definition) is 1. The van der Waals surface area contributed by atoms with E-state index in [2.05, 4.69) is 51.6 Å². The van der Waals surface area contributed by atoms with E-state index in [9.17, 15) is 0 Å². The highest BCUT2D eigenvalue weighted by Gasteiger charge is 2.25. The van der Waals surface area contributed by atoms with Gasteiger partial charge in [-0.25, -0.2) is 4.31 Å². The first kappa shape index (κ1) is 17.1. The van der Waals surface area contributed by atoms with Crippen molar-refractivity contribution in [1.29, 1.82) is 0 Å². The predicted molar refractivity (Wildman–Crippen MR) is 104 cm³/mol. The Bertz CT molecular complexity index is 734. The van der Waals surface area contributed by atoms with Crippen molar-refractivity contribution in [2.45, 2.75) is 6.17 Å². The third kappa shape index (κ3) is 4.03. The van der Waals surface area contributed by atoms with E-state index in [-0.39, 0.29) is 6.17 Å². The smallest absolute Gasteiger partial charge is 0.114 e. The van der Waals surface area contributed by atoms with E-state index in [4.69, 9.17) is 11.6 Å². The van der Waals surface area contributed by atoms with Gasteiger partial charge in [-0.15, -0.1) is 0 Å². The quantitative estimate of drug-likeness (QED) is 0.642. The minimum atomic E-state index is 0.00182. The van der Waals surface area contributed by atoms with Crippen molar-refractivity contribution in [2.75, 3.05) is 19.3 Å². The van der Waals surface area contributed by atoms with Gasteiger partial charge in [0.05, 0.1) is 0 Å². The SMILES string of the molecule is CSN1CCNC1C(Cl)=C=C=C(c1ccccc1)c1ccccc1. The molecule has 0 bridgehead atoms. The normalized spacial score (nSPS) is 17.2. The molecule has 0 spiro atoms. The Morgan fingerprint density at radius 1 is 1.04 bits per heavy atom. The van der Waals surface area contributed by atoms with Crippen LogP contribution in [0.4, 0.5) is 0 Å². The molecule has 2 nitrogen and oxygen atoms in total. The van der Waals surface area contributed by atoms with Crippen molar-refractivity contribution in [1.82, 2.24) is 9.62 Å². The first-order chi connectivity index (χ1) is 11.8. The molecule has 0 amide bonds. The van der Waals surface area contributed by atoms with Crippen molar-refractivity contribution in [3.05, 3.63) is 88.3 Å². The van der Waals surface area contributed by atoms with Gasteiger partial charge in [0.2, 0.25) is 0 Å². The van der Waals surface area contributed by atoms with E-state index < -0.39 is 0 Å². The maximum atomic E-state index is 6.49. The Labute approximate surface area is 152 Å². The molecule has 122 valence electrons. The van der Waals surface area contributed by atoms with Crippen molar-refractivity contribution in [3.63, 3.8) is 0 Å². The maximum Gasteiger partial charge on any atom is 0.114 e. The van der Waals surface area contributed by atoms with Crippen LogP contribution in [0.1, 0.15) is 11.1 Å². The molecule has 1 aliphatic rings. The van der Waals surface area contributed by atoms with Crippen LogP contribution in [0.2, 0.25) is 0 Å². The molecule has 1 unspecified atom stereocenters. The molecule has 1 saturated heterocycles. The monoisotopic (exact) mass is 354 g/mol. The third-order valence-electron chi connectivity index (χ3n) is 3.86. The fraction of sp³-hybridized carbons (Fsp3) is 0.200. The summed E-state index contributed by atoms with van der Waals surface area (Å²) < 4.78 is 2.21. The lowest BCUT2D eigenvalue weighted by molar-refractivity contribution is 0.477. The molecule has 1 atom stereocenters. The largest absolute Gasteiger partial charge is 0.295 e. The average molecular weight is 355 g/mol. The molecule has 24 heavy (non-hydrogen) atoms. The van der Waals surface area contributed by atoms with E-state index in [1.54, 1.807) is 11.9 Å². The highest BCUT2D eigenvalue weighted by Crippen LogP contribution is 2.23. The molecule has 1 heterocycles. The van der Waals surface area contributed by atoms with E-state index >= 15 is 0 Å². The van der Waals surface area contributed by atoms with Crippen molar-refractivity contribution in [3.8, 4) is 0 Å². The van der Waals surface area contributed by atoms with Gasteiger partial charge in [-0.3, -0.25) is 5.32 Å². The van der Waals surface area contributed by atoms with Crippen LogP contribution in [0.3, 0.4) is 0 Å². The summed E-state index contributed by atoms with van der Waals surface area (Å²) in [5.41, 5.74) is 9.65. The molecule has 4 heteroatoms. The molecule has 0 saturated carbocycles. The summed E-state index contributed by atoms with van der Waals surface area (Å²) in [5.74, 6) is 0. The van der Waals surface area contributed by atoms with Gasteiger partial charge >= 0.3 is 0 Å². The van der Waals surface area contributed by atoms with Crippen molar-refractivity contribution in [2.24, 2.45) is 0 Å². The van der Waals surface area contributed by atoms with Crippen molar-refractivity contribution >= 4 is 29.1 Å². The molecule has 2 aromatic rings. The van der Waals surface area contributed by atoms with Gasteiger partial charge < -0.3 is 0 Å². The first-order valence-corrected chi connectivity index (χ1v) is 9.42. The number of rotatable bonds is 4. The second kappa shape index (κ2) is 8.41. The van der Waals surface area contributed by atoms with Gasteiger partial charge in [0.15, 0.2) is 0 Å². The zero-order valence-corrected chi connectivity index (χ0v) is 15.1. The van der Waals surface area contributed by atoms with Crippen LogP contribution in [0.5, 0.6) is 0 Å². The minimum absolute atomic E-state index is 0.00182. The molecule has 1 aliphatic heterocycles. The Hall–Kier alpha value is -1.70. The Morgan fingerprint density at radius 3 is 2.17 bits per heavy atom. The highest BCUT2D eigenvalue weighted by molar-refractivity contribution is 7.96. The van der Waals surface area contributed by atoms with Gasteiger partial charge in [-0.1, -0.05) is 95.7 Å². The number of nitrogens with zero attached hydrogens (tertiary/aromatic N) is 1. The van der Waals surface area contributed by atoms with Gasteiger partial charge in [-0.2, -0.15) is 0 Å². The van der Waals surface area contributed by atoms with Crippen LogP contribution in [-0.4, -0.2) is 29.8 Å². The van der Waals surface area contributed by atoms with Crippen LogP contribution in [0.25, 0.3) is 5.57 Å². The lowest BCUT2D eigenvalue weighted by atomic mass is 9.99. The van der Waals surface area contributed by atoms with Crippen LogP contribution in [0.15, 0.2) is 77.2 Å². The fourth-order valence-electron chi connectivity index (χ4n) is 2.67. The molecule has 0 radical (unpaired) electrons. The number of hydrogen-bond acceptors (Lipinski definition) is 3. The van der Waals surface area contributed by atoms with E-state index in [1.165, 1.54) is 0 Å². The zero-order chi connectivity index (χ0) is 16.8. The summed E-state index contributed by atoms with van der Waals surface area (Å²) in [4.78, 5) is 0. The lowest BCUT2D eigenvalue weighted by Gasteiger charge is -2.18. The van der Waals surface area contributed by atoms with E-state index in [1.807, 2.05) is 36.4 Å². The van der Waals surface area contributed by atoms with Gasteiger partial charge in [0.25, 0.3) is 0 Å². The molecule has 0 aliphatic carbocycles. The summed E-state index contributed by atoms with van der Waals surface area (Å²) >= 11 is 8.18. The molecule has 2 aromatic carbocycles. The Kier molecular flexibility index (Phi) is 6.01. The molecule has 1 N–H and O–H groups in total. The molecular weight excluding hydrogens is 336 g/mol. The van der Waals surface area contributed by atoms with Crippen molar-refractivity contribution < 1.29 is 0 Å². The van der Waals surface area contributed by atoms with E-state index in [0.29, 0.717) is 5.03 Å². The summed E-state index contributed by atoms with van der Waals surface area (Å²) in [6.45, 7) is 1.90. The zero-order valence-electron chi connectivity index (χ0n) is 13.5. The minimum Gasteiger partial charge on any atom is -0.295 e. The summed E-state index contributed by atoms with van der Waals surface area (Å²) in [6.07, 6.45) is 2.06. The summed E-state index contributed by atoms with van der Waals surface area (Å²) in [6, 6.07) is 20.4. The molecule has 1 fully saturated rings. The standard InChI is InChI=1S/C20H19ClN2S/c1-24-23-15-14-22-20(23)19(21)13-12-18(16-8-4-2-5-9-16)17-10-6-3-7-11-17/h2-11,20,22H,14-15H2,1H3. The Morgan fingerprint density at radius 2 is 1.62 bits per heavy atom. The van der Waals surface area contributed by atoms with Crippen LogP contribution in [0, 0.1) is 0 Å². The van der Waals surface area contributed by atoms with Crippen LogP contribution < -0.4 is 5.32 Å². The number of nitrogens with one attached hydrogen (secondary N) is 1. The maximum absolute atomic E-state index is 6.49. The second-order valence-electron chi connectivity index (χ2n) is 5.38. The van der Waals surface area contributed by atoms with Crippen LogP contribution >= 0.6 is 23.5 Å². The summed E-state index contributed by atoms with van der Waals surface area (Å²) in [5, 5.41) is 4.02. The van der Waals surface area contributed by atoms with Gasteiger partial charge in [-0.05, 0) is 17.4 Å². The Balaban J connectivity index is 2.08. The lowest BCUT2D eigenvalue weighted by Crippen LogP contribution is -2.31. The van der Waals surface area contributed by atoms with Crippen LogP contribution in [-0.2, 0) is 0 Å². The molecular formula is C20H19ClN2S.